The molecule has 7 heteroatoms. The molecule has 23 heavy (non-hydrogen) atoms. The molecule has 0 saturated heterocycles. The van der Waals surface area contributed by atoms with Gasteiger partial charge in [0, 0.05) is 0 Å². The van der Waals surface area contributed by atoms with Gasteiger partial charge >= 0.3 is 0 Å². The van der Waals surface area contributed by atoms with Crippen LogP contribution in [0.15, 0.2) is 34.2 Å². The van der Waals surface area contributed by atoms with Crippen LogP contribution in [0.25, 0.3) is 0 Å². The molecule has 0 spiro atoms. The summed E-state index contributed by atoms with van der Waals surface area (Å²) in [6, 6.07) is 7.64. The molecular weight excluding hydrogens is 294 g/mol. The van der Waals surface area contributed by atoms with Gasteiger partial charge in [-0.05, 0) is 31.0 Å². The van der Waals surface area contributed by atoms with Crippen molar-refractivity contribution in [1.29, 1.82) is 0 Å². The van der Waals surface area contributed by atoms with E-state index in [-0.39, 0.29) is 11.5 Å². The van der Waals surface area contributed by atoms with E-state index in [0.29, 0.717) is 12.3 Å². The van der Waals surface area contributed by atoms with E-state index in [1.165, 1.54) is 12.8 Å². The Morgan fingerprint density at radius 1 is 1.35 bits per heavy atom. The fourth-order valence-corrected chi connectivity index (χ4v) is 1.84. The van der Waals surface area contributed by atoms with E-state index in [4.69, 9.17) is 4.74 Å². The maximum Gasteiger partial charge on any atom is 0.274 e. The highest BCUT2D eigenvalue weighted by atomic mass is 16.5. The van der Waals surface area contributed by atoms with Crippen molar-refractivity contribution in [3.05, 3.63) is 45.9 Å². The lowest BCUT2D eigenvalue weighted by Crippen LogP contribution is -2.15. The molecule has 0 saturated carbocycles. The Hall–Kier alpha value is -2.70. The molecule has 0 aliphatic carbocycles. The minimum absolute atomic E-state index is 0.198. The molecule has 0 atom stereocenters. The maximum atomic E-state index is 11.4. The van der Waals surface area contributed by atoms with Gasteiger partial charge in [-0.25, -0.2) is 5.43 Å². The average molecular weight is 315 g/mol. The number of ether oxygens (including phenoxy) is 1. The Labute approximate surface area is 134 Å². The number of nitrogens with zero attached hydrogens (tertiary/aromatic N) is 3. The van der Waals surface area contributed by atoms with Gasteiger partial charge in [0.05, 0.1) is 12.8 Å². The van der Waals surface area contributed by atoms with Gasteiger partial charge in [0.15, 0.2) is 0 Å². The van der Waals surface area contributed by atoms with Crippen LogP contribution in [0.2, 0.25) is 0 Å². The van der Waals surface area contributed by atoms with Crippen molar-refractivity contribution in [2.24, 2.45) is 5.10 Å². The third-order valence-electron chi connectivity index (χ3n) is 3.12. The molecule has 0 aliphatic rings. The van der Waals surface area contributed by atoms with E-state index in [0.717, 1.165) is 17.7 Å². The summed E-state index contributed by atoms with van der Waals surface area (Å²) < 4.78 is 5.69. The zero-order valence-corrected chi connectivity index (χ0v) is 13.4. The summed E-state index contributed by atoms with van der Waals surface area (Å²) in [7, 11) is 0. The van der Waals surface area contributed by atoms with Crippen molar-refractivity contribution in [1.82, 2.24) is 15.2 Å². The van der Waals surface area contributed by atoms with Gasteiger partial charge in [0.2, 0.25) is 5.95 Å². The smallest absolute Gasteiger partial charge is 0.274 e. The number of anilines is 1. The lowest BCUT2D eigenvalue weighted by atomic mass is 10.2. The molecule has 0 amide bonds. The Morgan fingerprint density at radius 2 is 2.22 bits per heavy atom. The Balaban J connectivity index is 1.91. The van der Waals surface area contributed by atoms with E-state index in [2.05, 4.69) is 32.6 Å². The van der Waals surface area contributed by atoms with E-state index < -0.39 is 0 Å². The first-order valence-electron chi connectivity index (χ1n) is 7.64. The zero-order chi connectivity index (χ0) is 16.5. The monoisotopic (exact) mass is 315 g/mol. The van der Waals surface area contributed by atoms with Crippen LogP contribution in [-0.2, 0) is 0 Å². The van der Waals surface area contributed by atoms with Crippen LogP contribution in [0.4, 0.5) is 5.95 Å². The molecule has 2 aromatic rings. The first kappa shape index (κ1) is 16.7. The van der Waals surface area contributed by atoms with Crippen molar-refractivity contribution < 1.29 is 4.74 Å². The average Bonchev–Trinajstić information content (AvgIpc) is 2.55. The number of aromatic amines is 1. The van der Waals surface area contributed by atoms with Crippen LogP contribution in [0.1, 0.15) is 37.4 Å². The summed E-state index contributed by atoms with van der Waals surface area (Å²) in [4.78, 5) is 13.9. The molecule has 0 radical (unpaired) electrons. The van der Waals surface area contributed by atoms with Crippen molar-refractivity contribution in [3.63, 3.8) is 0 Å². The van der Waals surface area contributed by atoms with E-state index in [9.17, 15) is 4.79 Å². The fraction of sp³-hybridized carbons (Fsp3) is 0.375. The number of hydrazone groups is 1. The number of hydrogen-bond donors (Lipinski definition) is 2. The molecule has 1 aromatic carbocycles. The lowest BCUT2D eigenvalue weighted by molar-refractivity contribution is 0.306. The summed E-state index contributed by atoms with van der Waals surface area (Å²) in [6.07, 6.45) is 5.02. The van der Waals surface area contributed by atoms with Gasteiger partial charge in [0.1, 0.15) is 11.4 Å². The van der Waals surface area contributed by atoms with Gasteiger partial charge in [0.25, 0.3) is 5.56 Å². The second kappa shape index (κ2) is 8.67. The molecule has 0 unspecified atom stereocenters. The summed E-state index contributed by atoms with van der Waals surface area (Å²) in [6.45, 7) is 4.47. The van der Waals surface area contributed by atoms with Crippen LogP contribution in [0.5, 0.6) is 5.75 Å². The van der Waals surface area contributed by atoms with Crippen molar-refractivity contribution in [3.8, 4) is 5.75 Å². The third kappa shape index (κ3) is 5.54. The van der Waals surface area contributed by atoms with Crippen molar-refractivity contribution in [2.45, 2.75) is 33.1 Å². The van der Waals surface area contributed by atoms with Gasteiger partial charge in [-0.3, -0.25) is 9.78 Å². The Morgan fingerprint density at radius 3 is 3.00 bits per heavy atom. The summed E-state index contributed by atoms with van der Waals surface area (Å²) >= 11 is 0. The van der Waals surface area contributed by atoms with E-state index in [1.54, 1.807) is 13.1 Å². The number of nitrogens with one attached hydrogen (secondary N) is 2. The Bertz CT molecular complexity index is 712. The van der Waals surface area contributed by atoms with Gasteiger partial charge < -0.3 is 4.74 Å². The third-order valence-corrected chi connectivity index (χ3v) is 3.12. The quantitative estimate of drug-likeness (QED) is 0.443. The first-order valence-corrected chi connectivity index (χ1v) is 7.64. The van der Waals surface area contributed by atoms with E-state index >= 15 is 0 Å². The molecule has 0 fully saturated rings. The predicted octanol–water partition coefficient (Wildman–Crippen LogP) is 2.49. The van der Waals surface area contributed by atoms with E-state index in [1.807, 2.05) is 24.3 Å². The predicted molar refractivity (Wildman–Crippen MR) is 90.1 cm³/mol. The molecular formula is C16H21N5O2. The van der Waals surface area contributed by atoms with Gasteiger partial charge in [-0.15, -0.1) is 10.2 Å². The fourth-order valence-electron chi connectivity index (χ4n) is 1.84. The summed E-state index contributed by atoms with van der Waals surface area (Å²) in [5.41, 5.74) is 3.54. The number of unbranched alkanes of at least 4 members (excludes halogenated alkanes) is 2. The molecule has 0 aliphatic heterocycles. The second-order valence-electron chi connectivity index (χ2n) is 5.09. The minimum atomic E-state index is -0.292. The normalized spacial score (nSPS) is 10.9. The zero-order valence-electron chi connectivity index (χ0n) is 13.4. The second-order valence-corrected chi connectivity index (χ2v) is 5.09. The number of H-pyrrole nitrogens is 1. The van der Waals surface area contributed by atoms with Crippen LogP contribution in [0, 0.1) is 6.92 Å². The summed E-state index contributed by atoms with van der Waals surface area (Å²) in [5.74, 6) is 1.01. The van der Waals surface area contributed by atoms with Crippen LogP contribution >= 0.6 is 0 Å². The molecule has 1 aromatic heterocycles. The molecule has 122 valence electrons. The summed E-state index contributed by atoms with van der Waals surface area (Å²) in [5, 5.41) is 11.5. The number of aromatic nitrogens is 3. The topological polar surface area (TPSA) is 92.3 Å². The molecule has 7 nitrogen and oxygen atoms in total. The van der Waals surface area contributed by atoms with Crippen LogP contribution in [0.3, 0.4) is 0 Å². The Kier molecular flexibility index (Phi) is 6.28. The highest BCUT2D eigenvalue weighted by Gasteiger charge is 1.98. The molecule has 2 N–H and O–H groups in total. The van der Waals surface area contributed by atoms with Gasteiger partial charge in [-0.1, -0.05) is 31.9 Å². The number of rotatable bonds is 8. The molecule has 2 rings (SSSR count). The largest absolute Gasteiger partial charge is 0.494 e. The van der Waals surface area contributed by atoms with Crippen LogP contribution in [-0.4, -0.2) is 28.0 Å². The molecule has 0 bridgehead atoms. The number of hydrogen-bond acceptors (Lipinski definition) is 6. The van der Waals surface area contributed by atoms with Crippen molar-refractivity contribution >= 4 is 12.2 Å². The number of aryl methyl sites for hydroxylation is 1. The van der Waals surface area contributed by atoms with Crippen LogP contribution < -0.4 is 15.7 Å². The first-order chi connectivity index (χ1) is 11.2. The lowest BCUT2D eigenvalue weighted by Gasteiger charge is -2.06. The van der Waals surface area contributed by atoms with Gasteiger partial charge in [-0.2, -0.15) is 5.10 Å². The standard InChI is InChI=1S/C16H21N5O2/c1-3-4-5-9-23-14-8-6-7-13(10-14)11-17-20-16-18-15(22)12(2)19-21-16/h6-8,10-11H,3-5,9H2,1-2H3,(H2,18,20,21,22)/b17-11+. The molecule has 1 heterocycles. The number of benzene rings is 1. The maximum absolute atomic E-state index is 11.4. The SMILES string of the molecule is CCCCCOc1cccc(/C=N/Nc2nnc(C)c(=O)[nH]2)c1. The highest BCUT2D eigenvalue weighted by Crippen LogP contribution is 2.12. The highest BCUT2D eigenvalue weighted by molar-refractivity contribution is 5.80. The van der Waals surface area contributed by atoms with Crippen molar-refractivity contribution in [2.75, 3.05) is 12.0 Å². The minimum Gasteiger partial charge on any atom is -0.494 e.